The van der Waals surface area contributed by atoms with E-state index in [9.17, 15) is 4.79 Å². The van der Waals surface area contributed by atoms with Gasteiger partial charge in [0.2, 0.25) is 0 Å². The van der Waals surface area contributed by atoms with Crippen molar-refractivity contribution in [3.63, 3.8) is 0 Å². The molecule has 3 aromatic rings. The molecule has 0 radical (unpaired) electrons. The summed E-state index contributed by atoms with van der Waals surface area (Å²) >= 11 is 1.40. The number of benzene rings is 1. The Bertz CT molecular complexity index is 1040. The number of rotatable bonds is 3. The van der Waals surface area contributed by atoms with Gasteiger partial charge in [0.1, 0.15) is 15.6 Å². The van der Waals surface area contributed by atoms with Crippen LogP contribution in [0, 0.1) is 0 Å². The predicted octanol–water partition coefficient (Wildman–Crippen LogP) is 3.72. The number of thiazole rings is 1. The second-order valence-corrected chi connectivity index (χ2v) is 9.27. The number of aromatic nitrogens is 2. The second kappa shape index (κ2) is 8.35. The SMILES string of the molecule is CN1CCCN(C(=O)c2cnc(-c3noc4cc(N5CCCCC5)ccc34)s2)CC1. The summed E-state index contributed by atoms with van der Waals surface area (Å²) in [4.78, 5) is 24.7. The van der Waals surface area contributed by atoms with Crippen LogP contribution in [0.4, 0.5) is 5.69 Å². The molecule has 2 fully saturated rings. The summed E-state index contributed by atoms with van der Waals surface area (Å²) in [6, 6.07) is 6.28. The van der Waals surface area contributed by atoms with Gasteiger partial charge in [-0.3, -0.25) is 4.79 Å². The zero-order valence-corrected chi connectivity index (χ0v) is 18.2. The minimum Gasteiger partial charge on any atom is -0.371 e. The highest BCUT2D eigenvalue weighted by molar-refractivity contribution is 7.17. The van der Waals surface area contributed by atoms with Crippen molar-refractivity contribution in [2.45, 2.75) is 25.7 Å². The van der Waals surface area contributed by atoms with E-state index in [1.54, 1.807) is 6.20 Å². The van der Waals surface area contributed by atoms with Crippen LogP contribution in [-0.4, -0.2) is 72.2 Å². The van der Waals surface area contributed by atoms with Gasteiger partial charge in [-0.25, -0.2) is 4.98 Å². The smallest absolute Gasteiger partial charge is 0.265 e. The predicted molar refractivity (Wildman–Crippen MR) is 119 cm³/mol. The van der Waals surface area contributed by atoms with Gasteiger partial charge in [0.05, 0.1) is 11.6 Å². The van der Waals surface area contributed by atoms with Crippen LogP contribution in [0.15, 0.2) is 28.9 Å². The topological polar surface area (TPSA) is 65.7 Å². The van der Waals surface area contributed by atoms with Gasteiger partial charge in [-0.15, -0.1) is 11.3 Å². The van der Waals surface area contributed by atoms with Crippen LogP contribution in [0.1, 0.15) is 35.4 Å². The van der Waals surface area contributed by atoms with E-state index < -0.39 is 0 Å². The molecule has 2 aromatic heterocycles. The fourth-order valence-corrected chi connectivity index (χ4v) is 5.20. The third-order valence-electron chi connectivity index (χ3n) is 6.10. The van der Waals surface area contributed by atoms with E-state index in [-0.39, 0.29) is 5.91 Å². The maximum atomic E-state index is 13.0. The Labute approximate surface area is 180 Å². The molecular formula is C22H27N5O2S. The van der Waals surface area contributed by atoms with E-state index in [1.165, 1.54) is 36.3 Å². The lowest BCUT2D eigenvalue weighted by Gasteiger charge is -2.28. The van der Waals surface area contributed by atoms with Gasteiger partial charge in [-0.05, 0) is 51.4 Å². The summed E-state index contributed by atoms with van der Waals surface area (Å²) in [5.74, 6) is 0.0641. The molecule has 4 heterocycles. The molecule has 2 saturated heterocycles. The summed E-state index contributed by atoms with van der Waals surface area (Å²) in [6.07, 6.45) is 6.47. The van der Waals surface area contributed by atoms with Gasteiger partial charge >= 0.3 is 0 Å². The normalized spacial score (nSPS) is 18.7. The monoisotopic (exact) mass is 425 g/mol. The molecule has 0 unspecified atom stereocenters. The lowest BCUT2D eigenvalue weighted by atomic mass is 10.1. The summed E-state index contributed by atoms with van der Waals surface area (Å²) in [5.41, 5.74) is 2.67. The van der Waals surface area contributed by atoms with Crippen molar-refractivity contribution in [3.05, 3.63) is 29.3 Å². The van der Waals surface area contributed by atoms with E-state index >= 15 is 0 Å². The van der Waals surface area contributed by atoms with Crippen LogP contribution in [-0.2, 0) is 0 Å². The molecule has 0 N–H and O–H groups in total. The Hall–Kier alpha value is -2.45. The first-order valence-corrected chi connectivity index (χ1v) is 11.6. The van der Waals surface area contributed by atoms with Crippen LogP contribution in [0.2, 0.25) is 0 Å². The van der Waals surface area contributed by atoms with Crippen molar-refractivity contribution < 1.29 is 9.32 Å². The Kier molecular flexibility index (Phi) is 5.43. The number of fused-ring (bicyclic) bond motifs is 1. The lowest BCUT2D eigenvalue weighted by molar-refractivity contribution is 0.0767. The molecular weight excluding hydrogens is 398 g/mol. The highest BCUT2D eigenvalue weighted by Gasteiger charge is 2.23. The number of likely N-dealkylation sites (N-methyl/N-ethyl adjacent to an activating group) is 1. The van der Waals surface area contributed by atoms with Gasteiger partial charge < -0.3 is 19.2 Å². The standard InChI is InChI=1S/C22H27N5O2S/c1-25-8-5-11-27(13-12-25)22(28)19-15-23-21(30-19)20-17-7-6-16(14-18(17)29-24-20)26-9-3-2-4-10-26/h6-7,14-15H,2-5,8-13H2,1H3. The lowest BCUT2D eigenvalue weighted by Crippen LogP contribution is -2.34. The molecule has 2 aliphatic heterocycles. The summed E-state index contributed by atoms with van der Waals surface area (Å²) in [5, 5.41) is 5.96. The van der Waals surface area contributed by atoms with Crippen LogP contribution >= 0.6 is 11.3 Å². The van der Waals surface area contributed by atoms with E-state index in [1.807, 2.05) is 4.90 Å². The van der Waals surface area contributed by atoms with Crippen LogP contribution in [0.3, 0.4) is 0 Å². The Morgan fingerprint density at radius 3 is 2.77 bits per heavy atom. The number of hydrogen-bond donors (Lipinski definition) is 0. The third kappa shape index (κ3) is 3.81. The van der Waals surface area contributed by atoms with Crippen molar-refractivity contribution in [1.29, 1.82) is 0 Å². The zero-order chi connectivity index (χ0) is 20.5. The maximum Gasteiger partial charge on any atom is 0.265 e. The van der Waals surface area contributed by atoms with E-state index in [4.69, 9.17) is 4.52 Å². The van der Waals surface area contributed by atoms with Crippen LogP contribution in [0.5, 0.6) is 0 Å². The molecule has 0 bridgehead atoms. The molecule has 1 amide bonds. The molecule has 1 aromatic carbocycles. The van der Waals surface area contributed by atoms with Crippen molar-refractivity contribution in [3.8, 4) is 10.7 Å². The molecule has 158 valence electrons. The Morgan fingerprint density at radius 2 is 1.90 bits per heavy atom. The van der Waals surface area contributed by atoms with Crippen LogP contribution in [0.25, 0.3) is 21.7 Å². The Morgan fingerprint density at radius 1 is 1.03 bits per heavy atom. The number of nitrogens with zero attached hydrogens (tertiary/aromatic N) is 5. The van der Waals surface area contributed by atoms with Crippen molar-refractivity contribution in [1.82, 2.24) is 19.9 Å². The quantitative estimate of drug-likeness (QED) is 0.637. The Balaban J connectivity index is 1.37. The number of carbonyl (C=O) groups is 1. The first-order valence-electron chi connectivity index (χ1n) is 10.8. The fraction of sp³-hybridized carbons (Fsp3) is 0.500. The number of anilines is 1. The van der Waals surface area contributed by atoms with Gasteiger partial charge in [-0.1, -0.05) is 5.16 Å². The second-order valence-electron chi connectivity index (χ2n) is 8.24. The molecule has 30 heavy (non-hydrogen) atoms. The molecule has 0 atom stereocenters. The summed E-state index contributed by atoms with van der Waals surface area (Å²) in [7, 11) is 2.10. The fourth-order valence-electron chi connectivity index (χ4n) is 4.32. The number of hydrogen-bond acceptors (Lipinski definition) is 7. The molecule has 2 aliphatic rings. The minimum absolute atomic E-state index is 0.0641. The van der Waals surface area contributed by atoms with Gasteiger partial charge in [0.25, 0.3) is 5.91 Å². The first kappa shape index (κ1) is 19.5. The van der Waals surface area contributed by atoms with E-state index in [0.29, 0.717) is 4.88 Å². The average molecular weight is 426 g/mol. The highest BCUT2D eigenvalue weighted by Crippen LogP contribution is 2.34. The third-order valence-corrected chi connectivity index (χ3v) is 7.09. The van der Waals surface area contributed by atoms with E-state index in [0.717, 1.165) is 67.4 Å². The largest absolute Gasteiger partial charge is 0.371 e. The van der Waals surface area contributed by atoms with Gasteiger partial charge in [0, 0.05) is 44.5 Å². The van der Waals surface area contributed by atoms with Crippen molar-refractivity contribution in [2.75, 3.05) is 51.2 Å². The summed E-state index contributed by atoms with van der Waals surface area (Å²) < 4.78 is 5.64. The molecule has 0 aliphatic carbocycles. The van der Waals surface area contributed by atoms with Crippen molar-refractivity contribution in [2.24, 2.45) is 0 Å². The number of piperidine rings is 1. The maximum absolute atomic E-state index is 13.0. The van der Waals surface area contributed by atoms with E-state index in [2.05, 4.69) is 45.2 Å². The van der Waals surface area contributed by atoms with Gasteiger partial charge in [-0.2, -0.15) is 0 Å². The molecule has 7 nitrogen and oxygen atoms in total. The molecule has 0 spiro atoms. The molecule has 5 rings (SSSR count). The zero-order valence-electron chi connectivity index (χ0n) is 17.3. The number of amides is 1. The molecule has 0 saturated carbocycles. The highest BCUT2D eigenvalue weighted by atomic mass is 32.1. The van der Waals surface area contributed by atoms with Crippen molar-refractivity contribution >= 4 is 33.9 Å². The van der Waals surface area contributed by atoms with Crippen LogP contribution < -0.4 is 4.90 Å². The number of carbonyl (C=O) groups excluding carboxylic acids is 1. The average Bonchev–Trinajstić information content (AvgIpc) is 3.37. The van der Waals surface area contributed by atoms with Gasteiger partial charge in [0.15, 0.2) is 5.58 Å². The minimum atomic E-state index is 0.0641. The molecule has 8 heteroatoms. The summed E-state index contributed by atoms with van der Waals surface area (Å²) in [6.45, 7) is 5.68. The first-order chi connectivity index (χ1) is 14.7.